The van der Waals surface area contributed by atoms with E-state index in [1.165, 1.54) is 104 Å². The van der Waals surface area contributed by atoms with Gasteiger partial charge in [-0.1, -0.05) is 6.92 Å². The number of rotatable bonds is 41. The van der Waals surface area contributed by atoms with E-state index < -0.39 is 65.0 Å². The topological polar surface area (TPSA) is 481 Å². The van der Waals surface area contributed by atoms with Crippen LogP contribution in [-0.2, 0) is 97.0 Å². The van der Waals surface area contributed by atoms with E-state index in [1.54, 1.807) is 52.1 Å². The summed E-state index contributed by atoms with van der Waals surface area (Å²) < 4.78 is 36.4. The average Bonchev–Trinajstić information content (AvgIpc) is 1.65. The number of hydrogen-bond acceptors (Lipinski definition) is 21. The maximum absolute atomic E-state index is 13.9. The van der Waals surface area contributed by atoms with Crippen LogP contribution < -0.4 is 58.3 Å². The Morgan fingerprint density at radius 3 is 1.37 bits per heavy atom. The number of amides is 11. The minimum absolute atomic E-state index is 0.00354. The summed E-state index contributed by atoms with van der Waals surface area (Å²) in [6.07, 6.45) is 11.7. The molecule has 0 atom stereocenters. The van der Waals surface area contributed by atoms with Gasteiger partial charge in [0.2, 0.25) is 41.1 Å². The lowest BCUT2D eigenvalue weighted by molar-refractivity contribution is -0.142. The predicted octanol–water partition coefficient (Wildman–Crippen LogP) is -0.208. The monoisotopic (exact) mass is 1440 g/mol. The molecule has 0 saturated carbocycles. The van der Waals surface area contributed by atoms with Crippen molar-refractivity contribution in [2.45, 2.75) is 39.0 Å². The molecule has 40 heteroatoms. The van der Waals surface area contributed by atoms with Gasteiger partial charge in [-0.3, -0.25) is 58.2 Å². The van der Waals surface area contributed by atoms with E-state index in [0.717, 1.165) is 5.01 Å². The molecule has 0 radical (unpaired) electrons. The van der Waals surface area contributed by atoms with E-state index >= 15 is 0 Å². The number of carbonyl (C=O) groups is 12. The summed E-state index contributed by atoms with van der Waals surface area (Å²) in [6.45, 7) is 4.04. The molecule has 7 rings (SSSR count). The Morgan fingerprint density at radius 1 is 0.408 bits per heavy atom. The van der Waals surface area contributed by atoms with Crippen molar-refractivity contribution in [2.75, 3.05) is 124 Å². The fraction of sp³-hybridized carbons (Fsp3) is 0.429. The van der Waals surface area contributed by atoms with Crippen molar-refractivity contribution < 1.29 is 86.3 Å². The molecule has 554 valence electrons. The summed E-state index contributed by atoms with van der Waals surface area (Å²) in [5.74, 6) is -7.52. The number of hydrogen-bond donors (Lipinski definition) is 11. The van der Waals surface area contributed by atoms with Crippen LogP contribution in [0.5, 0.6) is 0 Å². The summed E-state index contributed by atoms with van der Waals surface area (Å²) >= 11 is 0. The van der Waals surface area contributed by atoms with E-state index in [9.17, 15) is 57.5 Å². The average molecular weight is 1440 g/mol. The van der Waals surface area contributed by atoms with Gasteiger partial charge in [0.1, 0.15) is 23.7 Å². The third kappa shape index (κ3) is 23.9. The van der Waals surface area contributed by atoms with Crippen molar-refractivity contribution in [1.82, 2.24) is 78.6 Å². The molecule has 0 spiro atoms. The summed E-state index contributed by atoms with van der Waals surface area (Å²) in [5, 5.41) is 33.3. The van der Waals surface area contributed by atoms with Crippen molar-refractivity contribution in [3.63, 3.8) is 0 Å². The van der Waals surface area contributed by atoms with Crippen LogP contribution in [0.1, 0.15) is 113 Å². The number of hydrazine groups is 1. The highest BCUT2D eigenvalue weighted by atomic mass is 16.6. The standard InChI is InChI=1S/C63H84N22O18/c1-9-10-51(89)85(77-59(94)44-31-41(34-81(44)5)71-63(98)56-73-45(35-83(56)7)72-50(88)13-15-66-57(92)42-30-40(33-79(42)3)70-62(97)53-65-17-19-78(53)2)47-37-84(8)55(76-47)61(96)68-16-12-49(87)69-39-29-43(80(4)32-39)58(93)75-46-36-82(6)54(74-46)60(95)67-14-11-48(86)64-18-20-99-21-22-100-23-24-101-25-26-102-27-28-103-38-52(90)91/h17,19,29-37H,9-16,18,20-28,38H2,1-8H3,(H,64,86)(H,66,92)(H,67,95)(H,68,96)(H,69,87)(H,70,97)(H,71,98)(H,72,88)(H,75,93)(H,77,94)(H,90,91). The summed E-state index contributed by atoms with van der Waals surface area (Å²) in [5.41, 5.74) is 3.67. The molecular formula is C63H84N22O18. The molecule has 0 aliphatic rings. The first-order valence-corrected chi connectivity index (χ1v) is 32.2. The molecule has 0 unspecified atom stereocenters. The lowest BCUT2D eigenvalue weighted by Gasteiger charge is -2.21. The molecule has 11 amide bonds. The van der Waals surface area contributed by atoms with Crippen LogP contribution in [0, 0.1) is 0 Å². The summed E-state index contributed by atoms with van der Waals surface area (Å²) in [7, 11) is 11.0. The molecule has 0 aliphatic heterocycles. The fourth-order valence-corrected chi connectivity index (χ4v) is 9.63. The zero-order valence-corrected chi connectivity index (χ0v) is 58.0. The van der Waals surface area contributed by atoms with Crippen LogP contribution in [0.25, 0.3) is 0 Å². The van der Waals surface area contributed by atoms with E-state index in [4.69, 9.17) is 28.8 Å². The van der Waals surface area contributed by atoms with Crippen LogP contribution in [0.4, 0.5) is 34.5 Å². The first kappa shape index (κ1) is 78.5. The number of imidazole rings is 4. The highest BCUT2D eigenvalue weighted by Crippen LogP contribution is 2.21. The Bertz CT molecular complexity index is 4170. The molecule has 11 N–H and O–H groups in total. The number of aryl methyl sites for hydroxylation is 7. The minimum Gasteiger partial charge on any atom is -0.480 e. The molecule has 7 heterocycles. The van der Waals surface area contributed by atoms with Gasteiger partial charge in [0.05, 0.1) is 82.7 Å². The Morgan fingerprint density at radius 2 is 0.845 bits per heavy atom. The number of carboxylic acid groups (broad SMARTS) is 1. The van der Waals surface area contributed by atoms with Gasteiger partial charge in [-0.2, -0.15) is 0 Å². The lowest BCUT2D eigenvalue weighted by atomic mass is 10.3. The van der Waals surface area contributed by atoms with E-state index in [2.05, 4.69) is 73.2 Å². The largest absolute Gasteiger partial charge is 0.480 e. The quantitative estimate of drug-likeness (QED) is 0.0174. The molecule has 0 aliphatic carbocycles. The molecule has 40 nitrogen and oxygen atoms in total. The van der Waals surface area contributed by atoms with E-state index in [-0.39, 0.29) is 153 Å². The zero-order valence-electron chi connectivity index (χ0n) is 58.0. The van der Waals surface area contributed by atoms with Crippen LogP contribution in [0.2, 0.25) is 0 Å². The molecule has 0 fully saturated rings. The molecule has 0 aromatic carbocycles. The number of aromatic nitrogens is 11. The van der Waals surface area contributed by atoms with Crippen molar-refractivity contribution >= 4 is 105 Å². The number of anilines is 6. The summed E-state index contributed by atoms with van der Waals surface area (Å²) in [4.78, 5) is 172. The van der Waals surface area contributed by atoms with Gasteiger partial charge >= 0.3 is 5.97 Å². The van der Waals surface area contributed by atoms with Crippen molar-refractivity contribution in [2.24, 2.45) is 49.3 Å². The van der Waals surface area contributed by atoms with Gasteiger partial charge in [-0.15, -0.1) is 0 Å². The number of nitrogens with one attached hydrogen (secondary N) is 10. The number of carboxylic acids is 1. The van der Waals surface area contributed by atoms with Crippen molar-refractivity contribution in [3.05, 3.63) is 108 Å². The SMILES string of the molecule is CCCC(=O)N(NC(=O)c1cc(NC(=O)c2nc(NC(=O)CCNC(=O)c3cc(NC(=O)c4nccn4C)cn3C)cn2C)cn1C)c1cn(C)c(C(=O)NCCC(=O)Nc2cc(C(=O)Nc3cn(C)c(C(=O)NCCC(=O)NCCOCCOCCOCCOCCOCC(=O)O)n3)n(C)c2)n1. The van der Waals surface area contributed by atoms with Gasteiger partial charge < -0.3 is 109 Å². The second-order valence-electron chi connectivity index (χ2n) is 22.8. The maximum atomic E-state index is 13.9. The lowest BCUT2D eigenvalue weighted by Crippen LogP contribution is -2.47. The number of ether oxygens (including phenoxy) is 5. The second-order valence-corrected chi connectivity index (χ2v) is 22.8. The molecule has 7 aromatic heterocycles. The van der Waals surface area contributed by atoms with Gasteiger partial charge in [0, 0.05) is 145 Å². The molecule has 103 heavy (non-hydrogen) atoms. The van der Waals surface area contributed by atoms with Crippen LogP contribution in [-0.4, -0.2) is 220 Å². The molecule has 0 saturated heterocycles. The number of aliphatic carboxylic acids is 1. The van der Waals surface area contributed by atoms with Gasteiger partial charge in [0.25, 0.3) is 41.4 Å². The van der Waals surface area contributed by atoms with Crippen LogP contribution in [0.15, 0.2) is 67.8 Å². The van der Waals surface area contributed by atoms with Crippen LogP contribution in [0.3, 0.4) is 0 Å². The predicted molar refractivity (Wildman–Crippen MR) is 366 cm³/mol. The first-order valence-electron chi connectivity index (χ1n) is 32.2. The third-order valence-corrected chi connectivity index (χ3v) is 14.6. The Kier molecular flexibility index (Phi) is 29.4. The van der Waals surface area contributed by atoms with Crippen molar-refractivity contribution in [3.8, 4) is 0 Å². The maximum Gasteiger partial charge on any atom is 0.329 e. The highest BCUT2D eigenvalue weighted by Gasteiger charge is 2.27. The normalized spacial score (nSPS) is 11.0. The van der Waals surface area contributed by atoms with Gasteiger partial charge in [-0.05, 0) is 24.6 Å². The number of nitrogens with zero attached hydrogens (tertiary/aromatic N) is 12. The minimum atomic E-state index is -1.04. The zero-order chi connectivity index (χ0) is 74.7. The third-order valence-electron chi connectivity index (χ3n) is 14.6. The molecule has 0 bridgehead atoms. The summed E-state index contributed by atoms with van der Waals surface area (Å²) in [6, 6.07) is 4.25. The Labute approximate surface area is 588 Å². The highest BCUT2D eigenvalue weighted by molar-refractivity contribution is 6.07. The molecule has 7 aromatic rings. The fourth-order valence-electron chi connectivity index (χ4n) is 9.63. The van der Waals surface area contributed by atoms with Gasteiger partial charge in [0.15, 0.2) is 23.3 Å². The smallest absolute Gasteiger partial charge is 0.329 e. The van der Waals surface area contributed by atoms with Gasteiger partial charge in [-0.25, -0.2) is 29.7 Å². The van der Waals surface area contributed by atoms with E-state index in [0.29, 0.717) is 51.7 Å². The Hall–Kier alpha value is -11.9. The first-order chi connectivity index (χ1) is 49.3. The van der Waals surface area contributed by atoms with Crippen molar-refractivity contribution in [1.29, 1.82) is 0 Å². The van der Waals surface area contributed by atoms with Crippen LogP contribution >= 0.6 is 0 Å². The van der Waals surface area contributed by atoms with E-state index in [1.807, 2.05) is 0 Å². The number of carbonyl (C=O) groups excluding carboxylic acids is 11. The second kappa shape index (κ2) is 38.6. The molecular weight excluding hydrogens is 1350 g/mol. The Balaban J connectivity index is 0.790.